The summed E-state index contributed by atoms with van der Waals surface area (Å²) in [4.78, 5) is 29.4. The number of anilines is 3. The molecule has 1 aromatic heterocycles. The average molecular weight is 416 g/mol. The molecule has 0 saturated heterocycles. The van der Waals surface area contributed by atoms with Gasteiger partial charge < -0.3 is 10.6 Å². The Morgan fingerprint density at radius 3 is 2.60 bits per heavy atom. The maximum absolute atomic E-state index is 13.6. The lowest BCUT2D eigenvalue weighted by Gasteiger charge is -2.33. The van der Waals surface area contributed by atoms with Crippen molar-refractivity contribution in [2.45, 2.75) is 25.3 Å². The summed E-state index contributed by atoms with van der Waals surface area (Å²) in [6.45, 7) is 0. The van der Waals surface area contributed by atoms with E-state index in [0.29, 0.717) is 17.7 Å². The van der Waals surface area contributed by atoms with Crippen molar-refractivity contribution in [1.29, 1.82) is 0 Å². The number of amides is 2. The molecule has 30 heavy (non-hydrogen) atoms. The number of hydrogen-bond acceptors (Lipinski definition) is 4. The Hall–Kier alpha value is -3.38. The van der Waals surface area contributed by atoms with Gasteiger partial charge in [0, 0.05) is 28.3 Å². The molecule has 1 aliphatic heterocycles. The second-order valence-corrected chi connectivity index (χ2v) is 8.37. The van der Waals surface area contributed by atoms with E-state index in [9.17, 15) is 9.59 Å². The van der Waals surface area contributed by atoms with Gasteiger partial charge in [0.2, 0.25) is 0 Å². The minimum absolute atomic E-state index is 0.104. The number of Topliss-reactive ketones (excluding diaryl/α,β-unsaturated/α-hetero) is 1. The molecule has 0 fully saturated rings. The lowest BCUT2D eigenvalue weighted by Crippen LogP contribution is -2.40. The van der Waals surface area contributed by atoms with Gasteiger partial charge in [-0.2, -0.15) is 0 Å². The summed E-state index contributed by atoms with van der Waals surface area (Å²) in [6.07, 6.45) is 2.12. The van der Waals surface area contributed by atoms with Crippen LogP contribution in [0.1, 0.15) is 30.2 Å². The number of benzene rings is 2. The number of para-hydroxylation sites is 3. The third-order valence-corrected chi connectivity index (χ3v) is 6.42. The molecule has 2 heterocycles. The Balaban J connectivity index is 1.69. The van der Waals surface area contributed by atoms with E-state index in [-0.39, 0.29) is 11.8 Å². The molecule has 6 heteroatoms. The highest BCUT2D eigenvalue weighted by Crippen LogP contribution is 2.45. The fourth-order valence-corrected chi connectivity index (χ4v) is 5.00. The van der Waals surface area contributed by atoms with Gasteiger partial charge in [0.15, 0.2) is 5.78 Å². The molecule has 0 radical (unpaired) electrons. The number of ketones is 1. The van der Waals surface area contributed by atoms with Crippen molar-refractivity contribution in [3.63, 3.8) is 0 Å². The first kappa shape index (κ1) is 18.6. The van der Waals surface area contributed by atoms with E-state index < -0.39 is 6.04 Å². The Morgan fingerprint density at radius 2 is 1.80 bits per heavy atom. The first-order valence-corrected chi connectivity index (χ1v) is 10.9. The first-order valence-electron chi connectivity index (χ1n) is 10.0. The average Bonchev–Trinajstić information content (AvgIpc) is 3.24. The summed E-state index contributed by atoms with van der Waals surface area (Å²) in [5, 5.41) is 8.47. The van der Waals surface area contributed by atoms with Gasteiger partial charge >= 0.3 is 6.03 Å². The molecule has 2 aliphatic rings. The van der Waals surface area contributed by atoms with E-state index >= 15 is 0 Å². The Kier molecular flexibility index (Phi) is 4.85. The van der Waals surface area contributed by atoms with Crippen LogP contribution in [0.15, 0.2) is 83.4 Å². The topological polar surface area (TPSA) is 61.4 Å². The molecule has 3 aromatic rings. The van der Waals surface area contributed by atoms with Gasteiger partial charge in [0.05, 0.1) is 11.4 Å². The van der Waals surface area contributed by atoms with Crippen LogP contribution in [0.3, 0.4) is 0 Å². The zero-order valence-electron chi connectivity index (χ0n) is 16.3. The predicted octanol–water partition coefficient (Wildman–Crippen LogP) is 5.96. The third kappa shape index (κ3) is 3.29. The van der Waals surface area contributed by atoms with Crippen LogP contribution in [0.4, 0.5) is 21.9 Å². The van der Waals surface area contributed by atoms with Gasteiger partial charge in [0.25, 0.3) is 0 Å². The molecule has 2 N–H and O–H groups in total. The first-order chi connectivity index (χ1) is 14.7. The van der Waals surface area contributed by atoms with Crippen molar-refractivity contribution in [3.8, 4) is 0 Å². The maximum atomic E-state index is 13.6. The fraction of sp³-hybridized carbons (Fsp3) is 0.167. The lowest BCUT2D eigenvalue weighted by molar-refractivity contribution is -0.116. The molecule has 0 bridgehead atoms. The SMILES string of the molecule is O=C1CCCC2=C1C(c1cccs1)N(C(=O)Nc1ccccc1)c1ccccc1N2. The van der Waals surface area contributed by atoms with Crippen LogP contribution in [0.25, 0.3) is 0 Å². The molecular weight excluding hydrogens is 394 g/mol. The van der Waals surface area contributed by atoms with Crippen molar-refractivity contribution in [2.75, 3.05) is 15.5 Å². The number of nitrogens with zero attached hydrogens (tertiary/aromatic N) is 1. The Bertz CT molecular complexity index is 1120. The van der Waals surface area contributed by atoms with Gasteiger partial charge in [-0.25, -0.2) is 4.79 Å². The van der Waals surface area contributed by atoms with E-state index in [2.05, 4.69) is 10.6 Å². The van der Waals surface area contributed by atoms with Crippen LogP contribution in [0.5, 0.6) is 0 Å². The van der Waals surface area contributed by atoms with E-state index in [4.69, 9.17) is 0 Å². The van der Waals surface area contributed by atoms with Crippen LogP contribution in [0, 0.1) is 0 Å². The second-order valence-electron chi connectivity index (χ2n) is 7.40. The Morgan fingerprint density at radius 1 is 1.00 bits per heavy atom. The smallest absolute Gasteiger partial charge is 0.327 e. The molecule has 1 unspecified atom stereocenters. The quantitative estimate of drug-likeness (QED) is 0.543. The van der Waals surface area contributed by atoms with Crippen LogP contribution in [-0.4, -0.2) is 11.8 Å². The predicted molar refractivity (Wildman–Crippen MR) is 121 cm³/mol. The number of carbonyl (C=O) groups is 2. The molecular formula is C24H21N3O2S. The number of nitrogens with one attached hydrogen (secondary N) is 2. The minimum atomic E-state index is -0.465. The Labute approximate surface area is 179 Å². The second kappa shape index (κ2) is 7.80. The summed E-state index contributed by atoms with van der Waals surface area (Å²) in [5.41, 5.74) is 3.93. The van der Waals surface area contributed by atoms with Gasteiger partial charge in [-0.1, -0.05) is 36.4 Å². The van der Waals surface area contributed by atoms with Crippen molar-refractivity contribution >= 4 is 40.2 Å². The highest BCUT2D eigenvalue weighted by molar-refractivity contribution is 7.10. The molecule has 0 spiro atoms. The van der Waals surface area contributed by atoms with Crippen molar-refractivity contribution < 1.29 is 9.59 Å². The fourth-order valence-electron chi connectivity index (χ4n) is 4.18. The van der Waals surface area contributed by atoms with Gasteiger partial charge in [0.1, 0.15) is 6.04 Å². The number of fused-ring (bicyclic) bond motifs is 1. The molecule has 0 saturated carbocycles. The summed E-state index contributed by atoms with van der Waals surface area (Å²) in [6, 6.07) is 20.4. The van der Waals surface area contributed by atoms with Crippen LogP contribution in [-0.2, 0) is 4.79 Å². The number of hydrogen-bond donors (Lipinski definition) is 2. The molecule has 1 aliphatic carbocycles. The number of allylic oxidation sites excluding steroid dienone is 1. The van der Waals surface area contributed by atoms with Crippen LogP contribution < -0.4 is 15.5 Å². The summed E-state index contributed by atoms with van der Waals surface area (Å²) < 4.78 is 0. The molecule has 2 aromatic carbocycles. The lowest BCUT2D eigenvalue weighted by atomic mass is 9.88. The van der Waals surface area contributed by atoms with Gasteiger partial charge in [-0.05, 0) is 48.6 Å². The number of carbonyl (C=O) groups excluding carboxylic acids is 2. The third-order valence-electron chi connectivity index (χ3n) is 5.49. The highest BCUT2D eigenvalue weighted by Gasteiger charge is 2.40. The molecule has 1 atom stereocenters. The molecule has 2 amide bonds. The van der Waals surface area contributed by atoms with Crippen molar-refractivity contribution in [2.24, 2.45) is 0 Å². The largest absolute Gasteiger partial charge is 0.357 e. The standard InChI is InChI=1S/C24H21N3O2S/c28-20-13-6-11-18-22(20)23(21-14-7-15-30-21)27(19-12-5-4-10-17(19)26-18)24(29)25-16-8-2-1-3-9-16/h1-5,7-10,12,14-15,23,26H,6,11,13H2,(H,25,29). The van der Waals surface area contributed by atoms with Crippen LogP contribution in [0.2, 0.25) is 0 Å². The number of thiophene rings is 1. The van der Waals surface area contributed by atoms with Crippen LogP contribution >= 0.6 is 11.3 Å². The highest BCUT2D eigenvalue weighted by atomic mass is 32.1. The summed E-state index contributed by atoms with van der Waals surface area (Å²) in [7, 11) is 0. The monoisotopic (exact) mass is 415 g/mol. The zero-order valence-corrected chi connectivity index (χ0v) is 17.1. The number of rotatable bonds is 2. The summed E-state index contributed by atoms with van der Waals surface area (Å²) in [5.74, 6) is 0.104. The minimum Gasteiger partial charge on any atom is -0.357 e. The number of urea groups is 1. The summed E-state index contributed by atoms with van der Waals surface area (Å²) >= 11 is 1.56. The van der Waals surface area contributed by atoms with E-state index in [1.807, 2.05) is 72.1 Å². The zero-order chi connectivity index (χ0) is 20.5. The molecule has 5 rings (SSSR count). The van der Waals surface area contributed by atoms with Gasteiger partial charge in [-0.15, -0.1) is 11.3 Å². The van der Waals surface area contributed by atoms with E-state index in [1.54, 1.807) is 16.2 Å². The van der Waals surface area contributed by atoms with Gasteiger partial charge in [-0.3, -0.25) is 9.69 Å². The molecule has 5 nitrogen and oxygen atoms in total. The molecule has 150 valence electrons. The van der Waals surface area contributed by atoms with Crippen molar-refractivity contribution in [1.82, 2.24) is 0 Å². The van der Waals surface area contributed by atoms with Crippen molar-refractivity contribution in [3.05, 3.63) is 88.3 Å². The normalized spacial score (nSPS) is 18.2. The maximum Gasteiger partial charge on any atom is 0.327 e. The van der Waals surface area contributed by atoms with E-state index in [0.717, 1.165) is 34.8 Å². The van der Waals surface area contributed by atoms with E-state index in [1.165, 1.54) is 0 Å².